The summed E-state index contributed by atoms with van der Waals surface area (Å²) in [5, 5.41) is 0. The fourth-order valence-corrected chi connectivity index (χ4v) is 6.40. The zero-order chi connectivity index (χ0) is 42.1. The van der Waals surface area contributed by atoms with Crippen LogP contribution in [0.5, 0.6) is 0 Å². The van der Waals surface area contributed by atoms with Crippen molar-refractivity contribution in [2.24, 2.45) is 0 Å². The fourth-order valence-electron chi connectivity index (χ4n) is 6.40. The lowest BCUT2D eigenvalue weighted by Gasteiger charge is -2.18. The van der Waals surface area contributed by atoms with E-state index in [0.29, 0.717) is 19.4 Å². The van der Waals surface area contributed by atoms with Crippen molar-refractivity contribution in [2.75, 3.05) is 19.8 Å². The third-order valence-corrected chi connectivity index (χ3v) is 9.93. The molecular weight excluding hydrogens is 717 g/mol. The molecule has 0 amide bonds. The lowest BCUT2D eigenvalue weighted by molar-refractivity contribution is -0.163. The number of hydrogen-bond acceptors (Lipinski definition) is 5. The Morgan fingerprint density at radius 1 is 0.397 bits per heavy atom. The van der Waals surface area contributed by atoms with E-state index in [2.05, 4.69) is 106 Å². The molecule has 0 saturated heterocycles. The smallest absolute Gasteiger partial charge is 0.306 e. The van der Waals surface area contributed by atoms with Gasteiger partial charge >= 0.3 is 11.9 Å². The monoisotopic (exact) mass is 807 g/mol. The second-order valence-corrected chi connectivity index (χ2v) is 15.6. The van der Waals surface area contributed by atoms with Crippen LogP contribution < -0.4 is 0 Å². The van der Waals surface area contributed by atoms with Crippen molar-refractivity contribution in [3.63, 3.8) is 0 Å². The molecule has 0 bridgehead atoms. The summed E-state index contributed by atoms with van der Waals surface area (Å²) < 4.78 is 17.3. The summed E-state index contributed by atoms with van der Waals surface area (Å²) in [6, 6.07) is 0. The Balaban J connectivity index is 4.23. The van der Waals surface area contributed by atoms with Gasteiger partial charge in [-0.15, -0.1) is 0 Å². The average Bonchev–Trinajstić information content (AvgIpc) is 3.22. The lowest BCUT2D eigenvalue weighted by Crippen LogP contribution is -2.30. The van der Waals surface area contributed by atoms with E-state index in [4.69, 9.17) is 14.2 Å². The Hall–Kier alpha value is -2.92. The van der Waals surface area contributed by atoms with Crippen LogP contribution in [-0.4, -0.2) is 37.9 Å². The van der Waals surface area contributed by atoms with Crippen LogP contribution in [0.4, 0.5) is 0 Å². The topological polar surface area (TPSA) is 61.8 Å². The summed E-state index contributed by atoms with van der Waals surface area (Å²) in [4.78, 5) is 25.3. The molecule has 0 fully saturated rings. The zero-order valence-electron chi connectivity index (χ0n) is 38.0. The first-order valence-electron chi connectivity index (χ1n) is 24.1. The molecule has 0 aromatic heterocycles. The van der Waals surface area contributed by atoms with Gasteiger partial charge < -0.3 is 14.2 Å². The lowest BCUT2D eigenvalue weighted by atomic mass is 10.1. The van der Waals surface area contributed by atoms with Crippen molar-refractivity contribution >= 4 is 11.9 Å². The maximum atomic E-state index is 12.7. The third kappa shape index (κ3) is 45.8. The minimum absolute atomic E-state index is 0.0680. The molecule has 5 heteroatoms. The summed E-state index contributed by atoms with van der Waals surface area (Å²) in [5.41, 5.74) is 0. The van der Waals surface area contributed by atoms with Gasteiger partial charge in [0.25, 0.3) is 0 Å². The Morgan fingerprint density at radius 3 is 1.24 bits per heavy atom. The van der Waals surface area contributed by atoms with Gasteiger partial charge in [-0.3, -0.25) is 9.59 Å². The molecule has 0 aliphatic rings. The molecule has 1 unspecified atom stereocenters. The number of carbonyl (C=O) groups is 2. The SMILES string of the molecule is CC/C=C\C/C=C\C/C=C\C/C=C\CCCCCCCCC(=O)OCC(COCCCCCCCCCC)OC(=O)CCCCCCC/C=C\C/C=C\C/C=C\CC. The molecule has 0 N–H and O–H groups in total. The van der Waals surface area contributed by atoms with E-state index in [9.17, 15) is 9.59 Å². The largest absolute Gasteiger partial charge is 0.462 e. The zero-order valence-corrected chi connectivity index (χ0v) is 38.0. The van der Waals surface area contributed by atoms with Crippen molar-refractivity contribution in [3.8, 4) is 0 Å². The Labute approximate surface area is 359 Å². The van der Waals surface area contributed by atoms with Crippen molar-refractivity contribution in [1.29, 1.82) is 0 Å². The van der Waals surface area contributed by atoms with E-state index in [0.717, 1.165) is 109 Å². The predicted octanol–water partition coefficient (Wildman–Crippen LogP) is 16.1. The van der Waals surface area contributed by atoms with Gasteiger partial charge in [0.15, 0.2) is 6.10 Å². The summed E-state index contributed by atoms with van der Waals surface area (Å²) >= 11 is 0. The summed E-state index contributed by atoms with van der Waals surface area (Å²) in [7, 11) is 0. The van der Waals surface area contributed by atoms with Gasteiger partial charge in [0.1, 0.15) is 6.61 Å². The van der Waals surface area contributed by atoms with Crippen LogP contribution in [-0.2, 0) is 23.8 Å². The van der Waals surface area contributed by atoms with Gasteiger partial charge in [-0.05, 0) is 89.9 Å². The highest BCUT2D eigenvalue weighted by atomic mass is 16.6. The van der Waals surface area contributed by atoms with Crippen LogP contribution in [0.25, 0.3) is 0 Å². The number of unbranched alkanes of at least 4 members (excludes halogenated alkanes) is 18. The van der Waals surface area contributed by atoms with Gasteiger partial charge in [-0.2, -0.15) is 0 Å². The molecule has 0 heterocycles. The van der Waals surface area contributed by atoms with E-state index in [-0.39, 0.29) is 25.2 Å². The van der Waals surface area contributed by atoms with E-state index >= 15 is 0 Å². The van der Waals surface area contributed by atoms with Crippen LogP contribution in [0, 0.1) is 0 Å². The van der Waals surface area contributed by atoms with Crippen LogP contribution in [0.15, 0.2) is 85.1 Å². The highest BCUT2D eigenvalue weighted by Crippen LogP contribution is 2.13. The summed E-state index contributed by atoms with van der Waals surface area (Å²) in [6.45, 7) is 7.55. The van der Waals surface area contributed by atoms with Crippen molar-refractivity contribution in [3.05, 3.63) is 85.1 Å². The maximum Gasteiger partial charge on any atom is 0.306 e. The first-order chi connectivity index (χ1) is 28.6. The number of hydrogen-bond donors (Lipinski definition) is 0. The molecule has 0 rings (SSSR count). The van der Waals surface area contributed by atoms with Crippen LogP contribution >= 0.6 is 0 Å². The van der Waals surface area contributed by atoms with E-state index in [1.807, 2.05) is 0 Å². The fraction of sp³-hybridized carbons (Fsp3) is 0.698. The van der Waals surface area contributed by atoms with Gasteiger partial charge in [0.05, 0.1) is 6.61 Å². The molecule has 0 radical (unpaired) electrons. The summed E-state index contributed by atoms with van der Waals surface area (Å²) in [6.07, 6.45) is 63.0. The van der Waals surface area contributed by atoms with Gasteiger partial charge in [0.2, 0.25) is 0 Å². The minimum Gasteiger partial charge on any atom is -0.462 e. The highest BCUT2D eigenvalue weighted by Gasteiger charge is 2.17. The van der Waals surface area contributed by atoms with E-state index in [1.165, 1.54) is 70.6 Å². The van der Waals surface area contributed by atoms with Crippen molar-refractivity contribution < 1.29 is 23.8 Å². The molecule has 0 saturated carbocycles. The van der Waals surface area contributed by atoms with Crippen molar-refractivity contribution in [2.45, 2.75) is 219 Å². The Kier molecular flexibility index (Phi) is 46.0. The Bertz CT molecular complexity index is 1090. The molecule has 5 nitrogen and oxygen atoms in total. The summed E-state index contributed by atoms with van der Waals surface area (Å²) in [5.74, 6) is -0.436. The minimum atomic E-state index is -0.551. The molecule has 0 aromatic rings. The van der Waals surface area contributed by atoms with Crippen LogP contribution in [0.1, 0.15) is 213 Å². The normalized spacial score (nSPS) is 12.9. The standard InChI is InChI=1S/C53H90O5/c1-4-7-10-13-16-19-21-23-25-26-27-28-30-31-33-35-37-40-43-46-52(54)57-50-51(49-56-48-45-42-39-18-15-12-9-6-3)58-53(55)47-44-41-38-36-34-32-29-24-22-20-17-14-11-8-5-2/h7-8,10-11,16-17,19-20,23-25,27-29,51H,4-6,9,12-15,18,21-22,26,30-50H2,1-3H3/b10-7-,11-8-,19-16-,20-17-,25-23-,28-27-,29-24-. The number of allylic oxidation sites excluding steroid dienone is 14. The van der Waals surface area contributed by atoms with Crippen molar-refractivity contribution in [1.82, 2.24) is 0 Å². The molecule has 58 heavy (non-hydrogen) atoms. The predicted molar refractivity (Wildman–Crippen MR) is 251 cm³/mol. The first-order valence-corrected chi connectivity index (χ1v) is 24.1. The van der Waals surface area contributed by atoms with Crippen LogP contribution in [0.3, 0.4) is 0 Å². The second-order valence-electron chi connectivity index (χ2n) is 15.6. The number of carbonyl (C=O) groups excluding carboxylic acids is 2. The molecule has 0 aliphatic carbocycles. The third-order valence-electron chi connectivity index (χ3n) is 9.93. The van der Waals surface area contributed by atoms with Crippen LogP contribution in [0.2, 0.25) is 0 Å². The molecule has 0 aliphatic heterocycles. The molecule has 0 spiro atoms. The average molecular weight is 807 g/mol. The first kappa shape index (κ1) is 55.1. The number of esters is 2. The van der Waals surface area contributed by atoms with E-state index < -0.39 is 6.10 Å². The Morgan fingerprint density at radius 2 is 0.776 bits per heavy atom. The van der Waals surface area contributed by atoms with Gasteiger partial charge in [0, 0.05) is 19.4 Å². The van der Waals surface area contributed by atoms with Gasteiger partial charge in [-0.25, -0.2) is 0 Å². The molecular formula is C53H90O5. The molecule has 1 atom stereocenters. The molecule has 0 aromatic carbocycles. The highest BCUT2D eigenvalue weighted by molar-refractivity contribution is 5.70. The number of ether oxygens (including phenoxy) is 3. The second kappa shape index (κ2) is 48.4. The van der Waals surface area contributed by atoms with Gasteiger partial charge in [-0.1, -0.05) is 196 Å². The quantitative estimate of drug-likeness (QED) is 0.0349. The number of rotatable bonds is 43. The van der Waals surface area contributed by atoms with E-state index in [1.54, 1.807) is 0 Å². The maximum absolute atomic E-state index is 12.7. The molecule has 332 valence electrons.